The van der Waals surface area contributed by atoms with Gasteiger partial charge in [0.05, 0.1) is 17.9 Å². The van der Waals surface area contributed by atoms with Gasteiger partial charge in [-0.15, -0.1) is 5.10 Å². The fraction of sp³-hybridized carbons (Fsp3) is 0.250. The monoisotopic (exact) mass is 524 g/mol. The molecule has 0 N–H and O–H groups in total. The molecule has 0 radical (unpaired) electrons. The largest absolute Gasteiger partial charge is 0.494 e. The smallest absolute Gasteiger partial charge is 0.291 e. The Morgan fingerprint density at radius 1 is 1.09 bits per heavy atom. The van der Waals surface area contributed by atoms with Crippen LogP contribution in [0.1, 0.15) is 31.7 Å². The molecule has 2 aromatic heterocycles. The van der Waals surface area contributed by atoms with Crippen LogP contribution in [0, 0.1) is 0 Å². The first kappa shape index (κ1) is 21.8. The summed E-state index contributed by atoms with van der Waals surface area (Å²) in [6.07, 6.45) is 3.34. The minimum absolute atomic E-state index is 0.209. The van der Waals surface area contributed by atoms with Crippen molar-refractivity contribution in [2.45, 2.75) is 26.2 Å². The van der Waals surface area contributed by atoms with Crippen LogP contribution in [0.25, 0.3) is 21.9 Å². The second kappa shape index (κ2) is 8.72. The Hall–Kier alpha value is -3.04. The van der Waals surface area contributed by atoms with E-state index in [2.05, 4.69) is 32.9 Å². The Bertz CT molecular complexity index is 1480. The molecule has 0 atom stereocenters. The van der Waals surface area contributed by atoms with E-state index < -0.39 is 0 Å². The molecule has 1 aliphatic rings. The summed E-state index contributed by atoms with van der Waals surface area (Å²) < 4.78 is 8.22. The molecule has 4 aromatic rings. The van der Waals surface area contributed by atoms with Crippen molar-refractivity contribution in [3.8, 4) is 17.1 Å². The summed E-state index contributed by atoms with van der Waals surface area (Å²) in [5.74, 6) is 1.05. The van der Waals surface area contributed by atoms with Crippen molar-refractivity contribution in [3.63, 3.8) is 0 Å². The summed E-state index contributed by atoms with van der Waals surface area (Å²) >= 11 is 4.64. The highest BCUT2D eigenvalue weighted by Gasteiger charge is 2.32. The number of carbonyl (C=O) groups excluding carboxylic acids is 1. The Kier molecular flexibility index (Phi) is 5.76. The average molecular weight is 525 g/mol. The maximum atomic E-state index is 13.2. The number of carbonyl (C=O) groups is 1. The molecule has 0 bridgehead atoms. The molecule has 9 heteroatoms. The number of amides is 1. The lowest BCUT2D eigenvalue weighted by molar-refractivity contribution is -0.112. The number of hydrogen-bond acceptors (Lipinski definition) is 6. The van der Waals surface area contributed by atoms with E-state index in [4.69, 9.17) is 4.74 Å². The molecule has 5 rings (SSSR count). The number of unbranched alkanes of at least 4 members (excludes halogenated alkanes) is 2. The molecule has 1 amide bonds. The van der Waals surface area contributed by atoms with Crippen molar-refractivity contribution in [2.24, 2.45) is 0 Å². The number of ether oxygens (including phenoxy) is 1. The van der Waals surface area contributed by atoms with Crippen LogP contribution in [0.5, 0.6) is 5.75 Å². The van der Waals surface area contributed by atoms with Gasteiger partial charge in [0, 0.05) is 22.6 Å². The van der Waals surface area contributed by atoms with Crippen LogP contribution in [0.3, 0.4) is 0 Å². The Morgan fingerprint density at radius 2 is 1.88 bits per heavy atom. The van der Waals surface area contributed by atoms with Gasteiger partial charge < -0.3 is 9.64 Å². The van der Waals surface area contributed by atoms with Gasteiger partial charge in [-0.2, -0.15) is 9.50 Å². The minimum Gasteiger partial charge on any atom is -0.494 e. The summed E-state index contributed by atoms with van der Waals surface area (Å²) in [6.45, 7) is 2.86. The second-order valence-electron chi connectivity index (χ2n) is 7.85. The second-order valence-corrected chi connectivity index (χ2v) is 9.74. The summed E-state index contributed by atoms with van der Waals surface area (Å²) in [7, 11) is 1.71. The third kappa shape index (κ3) is 3.85. The third-order valence-corrected chi connectivity index (χ3v) is 7.14. The fourth-order valence-corrected chi connectivity index (χ4v) is 5.22. The molecule has 0 saturated carbocycles. The van der Waals surface area contributed by atoms with Crippen molar-refractivity contribution < 1.29 is 9.53 Å². The molecule has 0 saturated heterocycles. The van der Waals surface area contributed by atoms with Gasteiger partial charge in [0.1, 0.15) is 10.3 Å². The van der Waals surface area contributed by atoms with Gasteiger partial charge in [0.15, 0.2) is 5.82 Å². The lowest BCUT2D eigenvalue weighted by atomic mass is 10.1. The van der Waals surface area contributed by atoms with Crippen LogP contribution in [0.2, 0.25) is 0 Å². The lowest BCUT2D eigenvalue weighted by Gasteiger charge is -2.08. The predicted octanol–water partition coefficient (Wildman–Crippen LogP) is 4.04. The molecule has 168 valence electrons. The topological polar surface area (TPSA) is 76.8 Å². The van der Waals surface area contributed by atoms with Crippen LogP contribution in [-0.4, -0.2) is 34.2 Å². The number of benzene rings is 2. The molecule has 0 spiro atoms. The maximum absolute atomic E-state index is 13.2. The van der Waals surface area contributed by atoms with Gasteiger partial charge in [-0.05, 0) is 48.9 Å². The van der Waals surface area contributed by atoms with Crippen LogP contribution < -0.4 is 19.7 Å². The Labute approximate surface area is 202 Å². The summed E-state index contributed by atoms with van der Waals surface area (Å²) in [6, 6.07) is 13.1. The zero-order valence-electron chi connectivity index (χ0n) is 18.2. The molecule has 2 aromatic carbocycles. The maximum Gasteiger partial charge on any atom is 0.291 e. The molecule has 0 fully saturated rings. The van der Waals surface area contributed by atoms with E-state index in [0.717, 1.165) is 46.3 Å². The number of thiazole rings is 1. The molecule has 0 unspecified atom stereocenters. The van der Waals surface area contributed by atoms with Crippen molar-refractivity contribution >= 4 is 49.4 Å². The quantitative estimate of drug-likeness (QED) is 0.355. The first-order chi connectivity index (χ1) is 16.0. The van der Waals surface area contributed by atoms with Crippen molar-refractivity contribution in [3.05, 3.63) is 67.4 Å². The van der Waals surface area contributed by atoms with Crippen molar-refractivity contribution in [1.29, 1.82) is 0 Å². The average Bonchev–Trinajstić information content (AvgIpc) is 3.43. The lowest BCUT2D eigenvalue weighted by Crippen LogP contribution is -2.30. The number of hydrogen-bond donors (Lipinski definition) is 0. The number of aromatic nitrogens is 3. The van der Waals surface area contributed by atoms with Crippen LogP contribution in [-0.2, 0) is 4.79 Å². The first-order valence-corrected chi connectivity index (χ1v) is 12.3. The number of rotatable bonds is 6. The molecule has 0 aliphatic carbocycles. The summed E-state index contributed by atoms with van der Waals surface area (Å²) in [4.78, 5) is 32.7. The highest BCUT2D eigenvalue weighted by molar-refractivity contribution is 9.10. The third-order valence-electron chi connectivity index (χ3n) is 5.62. The van der Waals surface area contributed by atoms with E-state index in [1.54, 1.807) is 11.9 Å². The zero-order chi connectivity index (χ0) is 23.1. The number of halogens is 1. The standard InChI is InChI=1S/C24H21BrN4O3S/c1-3-4-5-12-32-16-9-6-14(7-10-16)21-26-24-29(27-21)23(31)20(33-24)19-17-13-15(25)8-11-18(17)28(2)22(19)30/h6-11,13H,3-5,12H2,1-2H3. The highest BCUT2D eigenvalue weighted by atomic mass is 79.9. The number of anilines is 1. The van der Waals surface area contributed by atoms with Gasteiger partial charge in [-0.3, -0.25) is 9.59 Å². The van der Waals surface area contributed by atoms with Gasteiger partial charge in [-0.25, -0.2) is 0 Å². The van der Waals surface area contributed by atoms with Crippen LogP contribution in [0.15, 0.2) is 51.7 Å². The predicted molar refractivity (Wildman–Crippen MR) is 133 cm³/mol. The van der Waals surface area contributed by atoms with E-state index in [1.807, 2.05) is 42.5 Å². The van der Waals surface area contributed by atoms with Gasteiger partial charge in [0.25, 0.3) is 11.5 Å². The van der Waals surface area contributed by atoms with Crippen LogP contribution in [0.4, 0.5) is 5.69 Å². The molecular formula is C24H21BrN4O3S. The van der Waals surface area contributed by atoms with E-state index in [1.165, 1.54) is 15.9 Å². The normalized spacial score (nSPS) is 14.9. The molecule has 7 nitrogen and oxygen atoms in total. The molecule has 3 heterocycles. The Balaban J connectivity index is 1.50. The molecule has 33 heavy (non-hydrogen) atoms. The van der Waals surface area contributed by atoms with Gasteiger partial charge >= 0.3 is 0 Å². The van der Waals surface area contributed by atoms with E-state index in [9.17, 15) is 9.59 Å². The molecule has 1 aliphatic heterocycles. The van der Waals surface area contributed by atoms with Crippen molar-refractivity contribution in [2.75, 3.05) is 18.6 Å². The summed E-state index contributed by atoms with van der Waals surface area (Å²) in [5, 5.41) is 4.42. The van der Waals surface area contributed by atoms with Crippen LogP contribution >= 0.6 is 27.3 Å². The summed E-state index contributed by atoms with van der Waals surface area (Å²) in [5.41, 5.74) is 2.35. The molecular weight excluding hydrogens is 504 g/mol. The SMILES string of the molecule is CCCCCOc1ccc(-c2nc3sc(=C4C(=O)N(C)c5ccc(Br)cc54)c(=O)n3n2)cc1. The number of fused-ring (bicyclic) bond motifs is 2. The number of likely N-dealkylation sites (N-methyl/N-ethyl adjacent to an activating group) is 1. The fourth-order valence-electron chi connectivity index (χ4n) is 3.86. The van der Waals surface area contributed by atoms with E-state index >= 15 is 0 Å². The zero-order valence-corrected chi connectivity index (χ0v) is 20.6. The highest BCUT2D eigenvalue weighted by Crippen LogP contribution is 2.36. The van der Waals surface area contributed by atoms with Crippen molar-refractivity contribution in [1.82, 2.24) is 14.6 Å². The minimum atomic E-state index is -0.339. The van der Waals surface area contributed by atoms with E-state index in [-0.39, 0.29) is 11.5 Å². The van der Waals surface area contributed by atoms with Gasteiger partial charge in [-0.1, -0.05) is 47.0 Å². The number of nitrogens with zero attached hydrogens (tertiary/aromatic N) is 4. The van der Waals surface area contributed by atoms with Gasteiger partial charge in [0.2, 0.25) is 4.96 Å². The van der Waals surface area contributed by atoms with E-state index in [0.29, 0.717) is 27.5 Å². The Morgan fingerprint density at radius 3 is 2.61 bits per heavy atom. The first-order valence-electron chi connectivity index (χ1n) is 10.7.